The molecule has 2 amide bonds. The van der Waals surface area contributed by atoms with E-state index in [9.17, 15) is 9.18 Å². The van der Waals surface area contributed by atoms with Gasteiger partial charge < -0.3 is 25.4 Å². The van der Waals surface area contributed by atoms with Gasteiger partial charge in [-0.2, -0.15) is 0 Å². The number of urea groups is 1. The molecule has 2 aliphatic rings. The number of ether oxygens (including phenoxy) is 2. The van der Waals surface area contributed by atoms with Gasteiger partial charge in [-0.3, -0.25) is 0 Å². The number of hydrogen-bond donors (Lipinski definition) is 3. The minimum Gasteiger partial charge on any atom is -0.493 e. The third kappa shape index (κ3) is 7.48. The molecule has 0 bridgehead atoms. The second-order valence-corrected chi connectivity index (χ2v) is 8.32. The van der Waals surface area contributed by atoms with Crippen molar-refractivity contribution in [3.8, 4) is 5.75 Å². The smallest absolute Gasteiger partial charge is 0.314 e. The Morgan fingerprint density at radius 1 is 1.21 bits per heavy atom. The molecule has 1 atom stereocenters. The molecule has 3 rings (SSSR count). The maximum atomic E-state index is 14.3. The molecule has 0 saturated heterocycles. The van der Waals surface area contributed by atoms with Crippen LogP contribution < -0.4 is 20.7 Å². The summed E-state index contributed by atoms with van der Waals surface area (Å²) in [6.07, 6.45) is 6.57. The number of amides is 2. The highest BCUT2D eigenvalue weighted by molar-refractivity contribution is 5.73. The lowest BCUT2D eigenvalue weighted by Crippen LogP contribution is -2.46. The first-order valence-electron chi connectivity index (χ1n) is 10.8. The van der Waals surface area contributed by atoms with Crippen molar-refractivity contribution >= 4 is 6.03 Å². The van der Waals surface area contributed by atoms with Gasteiger partial charge in [-0.1, -0.05) is 6.07 Å². The highest BCUT2D eigenvalue weighted by Gasteiger charge is 2.23. The topological polar surface area (TPSA) is 71.6 Å². The van der Waals surface area contributed by atoms with E-state index in [1.54, 1.807) is 13.1 Å². The molecule has 3 N–H and O–H groups in total. The molecule has 2 aliphatic carbocycles. The average molecular weight is 408 g/mol. The molecule has 29 heavy (non-hydrogen) atoms. The van der Waals surface area contributed by atoms with E-state index in [4.69, 9.17) is 9.47 Å². The minimum atomic E-state index is -0.258. The van der Waals surface area contributed by atoms with Gasteiger partial charge in [0.05, 0.1) is 19.3 Å². The number of carbonyl (C=O) groups is 1. The number of carbonyl (C=O) groups excluding carboxylic acids is 1. The molecule has 162 valence electrons. The Labute approximate surface area is 172 Å². The first-order valence-corrected chi connectivity index (χ1v) is 10.8. The summed E-state index contributed by atoms with van der Waals surface area (Å²) in [6, 6.07) is 5.42. The summed E-state index contributed by atoms with van der Waals surface area (Å²) in [4.78, 5) is 11.3. The molecule has 1 aromatic rings. The van der Waals surface area contributed by atoms with Crippen LogP contribution in [0.3, 0.4) is 0 Å². The van der Waals surface area contributed by atoms with E-state index in [-0.39, 0.29) is 24.0 Å². The second kappa shape index (κ2) is 10.8. The predicted molar refractivity (Wildman–Crippen MR) is 111 cm³/mol. The van der Waals surface area contributed by atoms with Crippen LogP contribution in [0, 0.1) is 11.7 Å². The van der Waals surface area contributed by atoms with Crippen LogP contribution in [0.2, 0.25) is 0 Å². The van der Waals surface area contributed by atoms with Gasteiger partial charge in [-0.05, 0) is 57.4 Å². The normalized spacial score (nSPS) is 22.7. The monoisotopic (exact) mass is 407 g/mol. The van der Waals surface area contributed by atoms with Gasteiger partial charge in [0.15, 0.2) is 0 Å². The summed E-state index contributed by atoms with van der Waals surface area (Å²) in [7, 11) is 1.61. The molecule has 2 saturated carbocycles. The second-order valence-electron chi connectivity index (χ2n) is 8.32. The maximum Gasteiger partial charge on any atom is 0.314 e. The van der Waals surface area contributed by atoms with Gasteiger partial charge in [-0.25, -0.2) is 9.18 Å². The Bertz CT molecular complexity index is 661. The fourth-order valence-electron chi connectivity index (χ4n) is 3.57. The van der Waals surface area contributed by atoms with Crippen LogP contribution in [0.25, 0.3) is 0 Å². The fourth-order valence-corrected chi connectivity index (χ4v) is 3.57. The molecule has 0 aromatic heterocycles. The van der Waals surface area contributed by atoms with Crippen LogP contribution in [0.4, 0.5) is 9.18 Å². The zero-order valence-electron chi connectivity index (χ0n) is 17.5. The minimum absolute atomic E-state index is 0.0723. The van der Waals surface area contributed by atoms with E-state index < -0.39 is 0 Å². The first-order chi connectivity index (χ1) is 14.0. The van der Waals surface area contributed by atoms with Crippen LogP contribution in [0.15, 0.2) is 18.2 Å². The van der Waals surface area contributed by atoms with Gasteiger partial charge in [0.2, 0.25) is 0 Å². The molecule has 1 unspecified atom stereocenters. The van der Waals surface area contributed by atoms with E-state index in [0.29, 0.717) is 36.5 Å². The van der Waals surface area contributed by atoms with Crippen molar-refractivity contribution < 1.29 is 18.7 Å². The number of hydrogen-bond acceptors (Lipinski definition) is 4. The van der Waals surface area contributed by atoms with Crippen molar-refractivity contribution in [1.29, 1.82) is 0 Å². The van der Waals surface area contributed by atoms with Crippen LogP contribution in [-0.4, -0.2) is 44.4 Å². The zero-order valence-corrected chi connectivity index (χ0v) is 17.5. The van der Waals surface area contributed by atoms with E-state index in [2.05, 4.69) is 16.0 Å². The molecule has 0 spiro atoms. The molecule has 2 fully saturated rings. The molecule has 0 aliphatic heterocycles. The molecule has 1 aromatic carbocycles. The molecular weight excluding hydrogens is 373 g/mol. The first kappa shape index (κ1) is 21.8. The summed E-state index contributed by atoms with van der Waals surface area (Å²) in [5.74, 6) is 0.997. The molecular formula is C22H34FN3O3. The number of halogens is 1. The maximum absolute atomic E-state index is 14.3. The summed E-state index contributed by atoms with van der Waals surface area (Å²) in [6.45, 7) is 3.70. The van der Waals surface area contributed by atoms with Gasteiger partial charge in [0, 0.05) is 37.3 Å². The lowest BCUT2D eigenvalue weighted by molar-refractivity contribution is 0.0100. The fraction of sp³-hybridized carbons (Fsp3) is 0.682. The Hall–Kier alpha value is -1.86. The van der Waals surface area contributed by atoms with Crippen LogP contribution in [0.5, 0.6) is 5.75 Å². The average Bonchev–Trinajstić information content (AvgIpc) is 3.55. The third-order valence-corrected chi connectivity index (χ3v) is 5.67. The Morgan fingerprint density at radius 3 is 2.62 bits per heavy atom. The van der Waals surface area contributed by atoms with Crippen molar-refractivity contribution in [2.24, 2.45) is 5.92 Å². The number of benzene rings is 1. The van der Waals surface area contributed by atoms with Crippen molar-refractivity contribution in [2.45, 2.75) is 70.2 Å². The van der Waals surface area contributed by atoms with E-state index in [1.807, 2.05) is 13.0 Å². The predicted octanol–water partition coefficient (Wildman–Crippen LogP) is 3.35. The standard InChI is InChI=1S/C22H34FN3O3/c1-15(26-22(27)24-2)12-25-18-6-9-19(10-7-18)29-14-17-5-8-20(11-21(17)23)28-13-16-3-4-16/h5,8,11,15-16,18-19,25H,3-4,6-7,9-10,12-14H2,1-2H3,(H2,24,26,27). The van der Waals surface area contributed by atoms with Crippen LogP contribution in [0.1, 0.15) is 51.0 Å². The van der Waals surface area contributed by atoms with Crippen molar-refractivity contribution in [3.05, 3.63) is 29.6 Å². The van der Waals surface area contributed by atoms with Gasteiger partial charge in [0.1, 0.15) is 11.6 Å². The third-order valence-electron chi connectivity index (χ3n) is 5.67. The lowest BCUT2D eigenvalue weighted by Gasteiger charge is -2.30. The molecule has 0 radical (unpaired) electrons. The molecule has 0 heterocycles. The summed E-state index contributed by atoms with van der Waals surface area (Å²) < 4.78 is 25.9. The SMILES string of the molecule is CNC(=O)NC(C)CNC1CCC(OCc2ccc(OCC3CC3)cc2F)CC1. The van der Waals surface area contributed by atoms with Crippen molar-refractivity contribution in [3.63, 3.8) is 0 Å². The highest BCUT2D eigenvalue weighted by Crippen LogP contribution is 2.30. The highest BCUT2D eigenvalue weighted by atomic mass is 19.1. The van der Waals surface area contributed by atoms with E-state index >= 15 is 0 Å². The quantitative estimate of drug-likeness (QED) is 0.556. The van der Waals surface area contributed by atoms with Gasteiger partial charge >= 0.3 is 6.03 Å². The van der Waals surface area contributed by atoms with Gasteiger partial charge in [-0.15, -0.1) is 0 Å². The Kier molecular flexibility index (Phi) is 8.12. The van der Waals surface area contributed by atoms with Crippen LogP contribution in [-0.2, 0) is 11.3 Å². The summed E-state index contributed by atoms with van der Waals surface area (Å²) >= 11 is 0. The lowest BCUT2D eigenvalue weighted by atomic mass is 9.93. The van der Waals surface area contributed by atoms with E-state index in [1.165, 1.54) is 18.9 Å². The van der Waals surface area contributed by atoms with Crippen molar-refractivity contribution in [2.75, 3.05) is 20.2 Å². The Morgan fingerprint density at radius 2 is 1.97 bits per heavy atom. The van der Waals surface area contributed by atoms with Crippen molar-refractivity contribution in [1.82, 2.24) is 16.0 Å². The number of nitrogens with one attached hydrogen (secondary N) is 3. The zero-order chi connectivity index (χ0) is 20.6. The van der Waals surface area contributed by atoms with Gasteiger partial charge in [0.25, 0.3) is 0 Å². The van der Waals surface area contributed by atoms with Crippen LogP contribution >= 0.6 is 0 Å². The number of rotatable bonds is 10. The Balaban J connectivity index is 1.32. The van der Waals surface area contributed by atoms with E-state index in [0.717, 1.165) is 32.2 Å². The summed E-state index contributed by atoms with van der Waals surface area (Å²) in [5, 5.41) is 8.93. The molecule has 7 heteroatoms. The largest absolute Gasteiger partial charge is 0.493 e. The summed E-state index contributed by atoms with van der Waals surface area (Å²) in [5.41, 5.74) is 0.582. The molecule has 6 nitrogen and oxygen atoms in total.